The van der Waals surface area contributed by atoms with Gasteiger partial charge in [0.05, 0.1) is 12.5 Å². The van der Waals surface area contributed by atoms with Crippen molar-refractivity contribution in [3.8, 4) is 0 Å². The first-order chi connectivity index (χ1) is 9.71. The van der Waals surface area contributed by atoms with Crippen LogP contribution in [-0.2, 0) is 9.59 Å². The van der Waals surface area contributed by atoms with E-state index in [1.807, 2.05) is 6.92 Å². The minimum Gasteiger partial charge on any atom is -0.435 e. The van der Waals surface area contributed by atoms with Crippen LogP contribution in [-0.4, -0.2) is 49.9 Å². The fourth-order valence-corrected chi connectivity index (χ4v) is 4.22. The number of hydrogen-bond acceptors (Lipinski definition) is 5. The summed E-state index contributed by atoms with van der Waals surface area (Å²) < 4.78 is -0.244. The summed E-state index contributed by atoms with van der Waals surface area (Å²) >= 11 is 6.58. The molecule has 1 amide bonds. The van der Waals surface area contributed by atoms with Gasteiger partial charge < -0.3 is 9.90 Å². The van der Waals surface area contributed by atoms with Gasteiger partial charge in [0.1, 0.15) is 11.8 Å². The normalized spacial score (nSPS) is 26.3. The largest absolute Gasteiger partial charge is 0.519 e. The molecule has 1 N–H and O–H groups in total. The summed E-state index contributed by atoms with van der Waals surface area (Å²) in [4.78, 5) is 34.9. The molecule has 3 atom stereocenters. The highest BCUT2D eigenvalue weighted by molar-refractivity contribution is 8.13. The lowest BCUT2D eigenvalue weighted by molar-refractivity contribution is -0.777. The first-order valence-electron chi connectivity index (χ1n) is 7.00. The summed E-state index contributed by atoms with van der Waals surface area (Å²) in [6, 6.07) is -0.0909. The van der Waals surface area contributed by atoms with E-state index in [0.29, 0.717) is 17.3 Å². The number of quaternary nitrogens is 1. The van der Waals surface area contributed by atoms with Crippen LogP contribution in [0.4, 0.5) is 4.79 Å². The van der Waals surface area contributed by atoms with Gasteiger partial charge in [0, 0.05) is 31.9 Å². The zero-order chi connectivity index (χ0) is 16.2. The first-order valence-corrected chi connectivity index (χ1v) is 8.39. The molecule has 0 spiro atoms. The molecule has 2 unspecified atom stereocenters. The SMILES string of the molecule is CC(=O)CC(CSC(C)=O)C(=S)[N+]1(C(=O)O)CCC[C@H]1C. The molecule has 5 nitrogen and oxygen atoms in total. The minimum atomic E-state index is -0.952. The lowest BCUT2D eigenvalue weighted by atomic mass is 10.0. The minimum absolute atomic E-state index is 0.0399. The Morgan fingerprint density at radius 3 is 2.38 bits per heavy atom. The molecule has 0 aromatic carbocycles. The number of thiocarbonyl (C=S) groups is 1. The quantitative estimate of drug-likeness (QED) is 0.616. The third kappa shape index (κ3) is 4.11. The Hall–Kier alpha value is -0.790. The maximum absolute atomic E-state index is 11.8. The summed E-state index contributed by atoms with van der Waals surface area (Å²) in [5.41, 5.74) is 0. The van der Waals surface area contributed by atoms with Gasteiger partial charge in [0.15, 0.2) is 10.1 Å². The maximum Gasteiger partial charge on any atom is 0.519 e. The third-order valence-electron chi connectivity index (χ3n) is 3.99. The Kier molecular flexibility index (Phi) is 6.49. The highest BCUT2D eigenvalue weighted by Crippen LogP contribution is 2.33. The van der Waals surface area contributed by atoms with Crippen molar-refractivity contribution >= 4 is 46.0 Å². The molecular formula is C14H22NO4S2+. The monoisotopic (exact) mass is 332 g/mol. The number of thioether (sulfide) groups is 1. The second-order valence-corrected chi connectivity index (χ2v) is 7.23. The summed E-state index contributed by atoms with van der Waals surface area (Å²) in [5.74, 6) is -0.0294. The molecule has 1 fully saturated rings. The summed E-state index contributed by atoms with van der Waals surface area (Å²) in [5, 5.41) is 9.64. The number of ketones is 1. The van der Waals surface area contributed by atoms with Crippen molar-refractivity contribution in [2.24, 2.45) is 5.92 Å². The molecule has 0 radical (unpaired) electrons. The van der Waals surface area contributed by atoms with E-state index in [2.05, 4.69) is 0 Å². The number of Topliss-reactive ketones (excluding diaryl/α,β-unsaturated/α-hetero) is 1. The number of hydrogen-bond donors (Lipinski definition) is 1. The van der Waals surface area contributed by atoms with Crippen molar-refractivity contribution < 1.29 is 24.0 Å². The Morgan fingerprint density at radius 2 is 2.00 bits per heavy atom. The molecule has 0 aromatic heterocycles. The summed E-state index contributed by atoms with van der Waals surface area (Å²) in [6.45, 7) is 5.27. The van der Waals surface area contributed by atoms with Crippen LogP contribution in [0.25, 0.3) is 0 Å². The van der Waals surface area contributed by atoms with Crippen LogP contribution in [0, 0.1) is 5.92 Å². The van der Waals surface area contributed by atoms with Crippen molar-refractivity contribution in [1.82, 2.24) is 0 Å². The molecule has 0 aromatic rings. The third-order valence-corrected chi connectivity index (χ3v) is 5.63. The standard InChI is InChI=1S/C14H21NO4S2/c1-9-5-4-6-15(9,14(18)19)13(20)12(7-10(2)16)8-21-11(3)17/h9,12H,4-8H2,1-3H3/p+1/t9-,12?,15?/m1/s1. The van der Waals surface area contributed by atoms with Crippen molar-refractivity contribution in [3.63, 3.8) is 0 Å². The van der Waals surface area contributed by atoms with Crippen molar-refractivity contribution in [1.29, 1.82) is 0 Å². The van der Waals surface area contributed by atoms with Gasteiger partial charge in [0.2, 0.25) is 0 Å². The van der Waals surface area contributed by atoms with Crippen LogP contribution in [0.5, 0.6) is 0 Å². The summed E-state index contributed by atoms with van der Waals surface area (Å²) in [7, 11) is 0. The molecule has 0 saturated carbocycles. The van der Waals surface area contributed by atoms with E-state index in [1.165, 1.54) is 13.8 Å². The van der Waals surface area contributed by atoms with E-state index >= 15 is 0 Å². The highest BCUT2D eigenvalue weighted by atomic mass is 32.2. The Morgan fingerprint density at radius 1 is 1.38 bits per heavy atom. The highest BCUT2D eigenvalue weighted by Gasteiger charge is 2.52. The van der Waals surface area contributed by atoms with E-state index in [-0.39, 0.29) is 33.8 Å². The molecule has 0 aliphatic carbocycles. The van der Waals surface area contributed by atoms with E-state index in [0.717, 1.165) is 24.6 Å². The van der Waals surface area contributed by atoms with Crippen LogP contribution in [0.1, 0.15) is 40.0 Å². The molecule has 21 heavy (non-hydrogen) atoms. The van der Waals surface area contributed by atoms with Crippen LogP contribution in [0.3, 0.4) is 0 Å². The lowest BCUT2D eigenvalue weighted by Crippen LogP contribution is -2.60. The number of rotatable bonds is 5. The van der Waals surface area contributed by atoms with Gasteiger partial charge in [-0.2, -0.15) is 9.28 Å². The Bertz CT molecular complexity index is 466. The molecule has 1 saturated heterocycles. The van der Waals surface area contributed by atoms with E-state index < -0.39 is 6.09 Å². The van der Waals surface area contributed by atoms with Crippen LogP contribution in [0.2, 0.25) is 0 Å². The van der Waals surface area contributed by atoms with Crippen molar-refractivity contribution in [3.05, 3.63) is 0 Å². The van der Waals surface area contributed by atoms with Gasteiger partial charge in [0.25, 0.3) is 0 Å². The number of amides is 1. The van der Waals surface area contributed by atoms with E-state index in [1.54, 1.807) is 0 Å². The predicted molar refractivity (Wildman–Crippen MR) is 86.4 cm³/mol. The number of carbonyl (C=O) groups is 3. The van der Waals surface area contributed by atoms with Gasteiger partial charge in [-0.15, -0.1) is 0 Å². The maximum atomic E-state index is 11.8. The average Bonchev–Trinajstić information content (AvgIpc) is 2.75. The molecule has 0 bridgehead atoms. The summed E-state index contributed by atoms with van der Waals surface area (Å²) in [6.07, 6.45) is 0.852. The Balaban J connectivity index is 3.03. The van der Waals surface area contributed by atoms with Gasteiger partial charge in [-0.25, -0.2) is 0 Å². The van der Waals surface area contributed by atoms with Crippen molar-refractivity contribution in [2.75, 3.05) is 12.3 Å². The average molecular weight is 332 g/mol. The number of carboxylic acid groups (broad SMARTS) is 1. The zero-order valence-corrected chi connectivity index (χ0v) is 14.3. The zero-order valence-electron chi connectivity index (χ0n) is 12.6. The Labute approximate surface area is 134 Å². The van der Waals surface area contributed by atoms with Crippen molar-refractivity contribution in [2.45, 2.75) is 46.1 Å². The smallest absolute Gasteiger partial charge is 0.435 e. The molecule has 118 valence electrons. The van der Waals surface area contributed by atoms with Crippen LogP contribution >= 0.6 is 24.0 Å². The topological polar surface area (TPSA) is 71.4 Å². The predicted octanol–water partition coefficient (Wildman–Crippen LogP) is 2.87. The van der Waals surface area contributed by atoms with E-state index in [9.17, 15) is 19.5 Å². The first kappa shape index (κ1) is 18.3. The fourth-order valence-electron chi connectivity index (χ4n) is 2.89. The van der Waals surface area contributed by atoms with Gasteiger partial charge >= 0.3 is 6.09 Å². The second kappa shape index (κ2) is 7.47. The van der Waals surface area contributed by atoms with Crippen LogP contribution < -0.4 is 0 Å². The van der Waals surface area contributed by atoms with E-state index in [4.69, 9.17) is 12.2 Å². The molecule has 1 heterocycles. The van der Waals surface area contributed by atoms with Gasteiger partial charge in [-0.05, 0) is 26.1 Å². The van der Waals surface area contributed by atoms with Gasteiger partial charge in [-0.1, -0.05) is 11.8 Å². The fraction of sp³-hybridized carbons (Fsp3) is 0.714. The molecule has 1 rings (SSSR count). The number of likely N-dealkylation sites (tertiary alicyclic amines) is 1. The van der Waals surface area contributed by atoms with Gasteiger partial charge in [-0.3, -0.25) is 4.79 Å². The second-order valence-electron chi connectivity index (χ2n) is 5.61. The number of nitrogens with zero attached hydrogens (tertiary/aromatic N) is 1. The molecule has 7 heteroatoms. The molecular weight excluding hydrogens is 310 g/mol. The lowest BCUT2D eigenvalue weighted by Gasteiger charge is -2.35. The molecule has 1 aliphatic rings. The van der Waals surface area contributed by atoms with Crippen LogP contribution in [0.15, 0.2) is 0 Å². The molecule has 1 aliphatic heterocycles. The number of carbonyl (C=O) groups excluding carboxylic acids is 2.